The fourth-order valence-corrected chi connectivity index (χ4v) is 3.82. The van der Waals surface area contributed by atoms with Crippen LogP contribution in [0.3, 0.4) is 0 Å². The number of benzene rings is 1. The molecule has 7 nitrogen and oxygen atoms in total. The van der Waals surface area contributed by atoms with Gasteiger partial charge in [-0.1, -0.05) is 12.1 Å². The average Bonchev–Trinajstić information content (AvgIpc) is 2.77. The summed E-state index contributed by atoms with van der Waals surface area (Å²) in [7, 11) is 0. The molecule has 2 aromatic rings. The van der Waals surface area contributed by atoms with E-state index in [-0.39, 0.29) is 24.7 Å². The van der Waals surface area contributed by atoms with Crippen molar-refractivity contribution in [3.63, 3.8) is 0 Å². The van der Waals surface area contributed by atoms with Crippen molar-refractivity contribution in [3.05, 3.63) is 48.2 Å². The monoisotopic (exact) mass is 394 g/mol. The van der Waals surface area contributed by atoms with E-state index in [0.29, 0.717) is 26.2 Å². The maximum absolute atomic E-state index is 12.8. The molecule has 0 bridgehead atoms. The first-order chi connectivity index (χ1) is 14.1. The summed E-state index contributed by atoms with van der Waals surface area (Å²) in [6, 6.07) is 11.7. The summed E-state index contributed by atoms with van der Waals surface area (Å²) in [6.07, 6.45) is 2.23. The van der Waals surface area contributed by atoms with Crippen LogP contribution >= 0.6 is 0 Å². The van der Waals surface area contributed by atoms with Crippen molar-refractivity contribution in [2.45, 2.75) is 19.8 Å². The van der Waals surface area contributed by atoms with Crippen LogP contribution in [-0.2, 0) is 9.59 Å². The first kappa shape index (κ1) is 19.2. The Hall–Kier alpha value is -3.09. The van der Waals surface area contributed by atoms with Gasteiger partial charge in [0.1, 0.15) is 18.2 Å². The SMILES string of the molecule is Cc1ccc2c(c1)N(C(=O)CCC(=O)N1CCN(c3ccccn3)CC1)CCO2. The molecule has 0 unspecified atom stereocenters. The number of hydrogen-bond donors (Lipinski definition) is 0. The normalized spacial score (nSPS) is 16.2. The van der Waals surface area contributed by atoms with Crippen LogP contribution in [0.25, 0.3) is 0 Å². The van der Waals surface area contributed by atoms with Crippen LogP contribution in [0.1, 0.15) is 18.4 Å². The molecule has 2 aliphatic heterocycles. The van der Waals surface area contributed by atoms with E-state index in [1.165, 1.54) is 0 Å². The summed E-state index contributed by atoms with van der Waals surface area (Å²) in [5, 5.41) is 0. The van der Waals surface area contributed by atoms with Crippen molar-refractivity contribution in [2.75, 3.05) is 49.1 Å². The minimum atomic E-state index is -0.0272. The van der Waals surface area contributed by atoms with Gasteiger partial charge in [-0.05, 0) is 36.8 Å². The van der Waals surface area contributed by atoms with Crippen LogP contribution in [-0.4, -0.2) is 61.0 Å². The van der Waals surface area contributed by atoms with Crippen molar-refractivity contribution >= 4 is 23.3 Å². The van der Waals surface area contributed by atoms with Gasteiger partial charge >= 0.3 is 0 Å². The number of nitrogens with zero attached hydrogens (tertiary/aromatic N) is 4. The molecule has 2 amide bonds. The van der Waals surface area contributed by atoms with Gasteiger partial charge in [-0.15, -0.1) is 0 Å². The second-order valence-corrected chi connectivity index (χ2v) is 7.42. The molecule has 0 N–H and O–H groups in total. The predicted molar refractivity (Wildman–Crippen MR) is 111 cm³/mol. The number of aryl methyl sites for hydroxylation is 1. The average molecular weight is 394 g/mol. The number of fused-ring (bicyclic) bond motifs is 1. The molecule has 4 rings (SSSR count). The predicted octanol–water partition coefficient (Wildman–Crippen LogP) is 2.24. The molecule has 152 valence electrons. The summed E-state index contributed by atoms with van der Waals surface area (Å²) in [6.45, 7) is 5.81. The Labute approximate surface area is 170 Å². The fraction of sp³-hybridized carbons (Fsp3) is 0.409. The molecule has 1 fully saturated rings. The highest BCUT2D eigenvalue weighted by Crippen LogP contribution is 2.32. The van der Waals surface area contributed by atoms with Crippen LogP contribution in [0.5, 0.6) is 5.75 Å². The maximum atomic E-state index is 12.8. The molecular weight excluding hydrogens is 368 g/mol. The van der Waals surface area contributed by atoms with Crippen molar-refractivity contribution in [3.8, 4) is 5.75 Å². The number of carbonyl (C=O) groups excluding carboxylic acids is 2. The van der Waals surface area contributed by atoms with Gasteiger partial charge in [0.2, 0.25) is 11.8 Å². The van der Waals surface area contributed by atoms with Crippen LogP contribution in [0.15, 0.2) is 42.6 Å². The highest BCUT2D eigenvalue weighted by Gasteiger charge is 2.26. The Morgan fingerprint density at radius 2 is 1.79 bits per heavy atom. The van der Waals surface area contributed by atoms with E-state index in [2.05, 4.69) is 9.88 Å². The number of anilines is 2. The summed E-state index contributed by atoms with van der Waals surface area (Å²) in [5.74, 6) is 1.68. The van der Waals surface area contributed by atoms with Crippen LogP contribution in [0.2, 0.25) is 0 Å². The van der Waals surface area contributed by atoms with Gasteiger partial charge < -0.3 is 19.4 Å². The van der Waals surface area contributed by atoms with E-state index in [9.17, 15) is 9.59 Å². The van der Waals surface area contributed by atoms with Crippen molar-refractivity contribution in [2.24, 2.45) is 0 Å². The molecule has 2 aliphatic rings. The summed E-state index contributed by atoms with van der Waals surface area (Å²) >= 11 is 0. The fourth-order valence-electron chi connectivity index (χ4n) is 3.82. The van der Waals surface area contributed by atoms with Crippen LogP contribution in [0, 0.1) is 6.92 Å². The number of ether oxygens (including phenoxy) is 1. The Morgan fingerprint density at radius 3 is 2.55 bits per heavy atom. The largest absolute Gasteiger partial charge is 0.490 e. The molecule has 1 aromatic carbocycles. The van der Waals surface area contributed by atoms with Crippen molar-refractivity contribution < 1.29 is 14.3 Å². The summed E-state index contributed by atoms with van der Waals surface area (Å²) in [5.41, 5.74) is 1.88. The number of pyridine rings is 1. The molecule has 3 heterocycles. The quantitative estimate of drug-likeness (QED) is 0.796. The van der Waals surface area contributed by atoms with E-state index in [4.69, 9.17) is 4.74 Å². The van der Waals surface area contributed by atoms with Crippen molar-refractivity contribution in [1.82, 2.24) is 9.88 Å². The van der Waals surface area contributed by atoms with Gasteiger partial charge in [-0.2, -0.15) is 0 Å². The van der Waals surface area contributed by atoms with Gasteiger partial charge in [0.05, 0.1) is 12.2 Å². The first-order valence-electron chi connectivity index (χ1n) is 10.1. The number of amides is 2. The topological polar surface area (TPSA) is 66.0 Å². The third-order valence-electron chi connectivity index (χ3n) is 5.44. The zero-order valence-electron chi connectivity index (χ0n) is 16.7. The number of piperazine rings is 1. The molecule has 0 atom stereocenters. The van der Waals surface area contributed by atoms with Crippen molar-refractivity contribution in [1.29, 1.82) is 0 Å². The zero-order valence-corrected chi connectivity index (χ0v) is 16.7. The smallest absolute Gasteiger partial charge is 0.227 e. The molecule has 7 heteroatoms. The highest BCUT2D eigenvalue weighted by molar-refractivity contribution is 5.97. The first-order valence-corrected chi connectivity index (χ1v) is 10.1. The molecule has 0 radical (unpaired) electrons. The van der Waals surface area contributed by atoms with Gasteiger partial charge in [-0.25, -0.2) is 4.98 Å². The molecule has 0 spiro atoms. The van der Waals surface area contributed by atoms with Gasteiger partial charge in [0, 0.05) is 45.2 Å². The van der Waals surface area contributed by atoms with E-state index in [1.54, 1.807) is 11.1 Å². The van der Waals surface area contributed by atoms with E-state index in [1.807, 2.05) is 48.2 Å². The van der Waals surface area contributed by atoms with E-state index < -0.39 is 0 Å². The summed E-state index contributed by atoms with van der Waals surface area (Å²) < 4.78 is 5.65. The lowest BCUT2D eigenvalue weighted by Gasteiger charge is -2.35. The second kappa shape index (κ2) is 8.51. The minimum Gasteiger partial charge on any atom is -0.490 e. The highest BCUT2D eigenvalue weighted by atomic mass is 16.5. The number of aromatic nitrogens is 1. The van der Waals surface area contributed by atoms with Gasteiger partial charge in [0.15, 0.2) is 0 Å². The zero-order chi connectivity index (χ0) is 20.2. The molecule has 0 saturated carbocycles. The molecule has 1 saturated heterocycles. The third-order valence-corrected chi connectivity index (χ3v) is 5.44. The number of rotatable bonds is 4. The Balaban J connectivity index is 1.29. The van der Waals surface area contributed by atoms with Gasteiger partial charge in [0.25, 0.3) is 0 Å². The lowest BCUT2D eigenvalue weighted by atomic mass is 10.1. The Kier molecular flexibility index (Phi) is 5.64. The van der Waals surface area contributed by atoms with E-state index >= 15 is 0 Å². The molecular formula is C22H26N4O3. The maximum Gasteiger partial charge on any atom is 0.227 e. The van der Waals surface area contributed by atoms with E-state index in [0.717, 1.165) is 35.9 Å². The Morgan fingerprint density at radius 1 is 1.00 bits per heavy atom. The molecule has 1 aromatic heterocycles. The lowest BCUT2D eigenvalue weighted by molar-refractivity contribution is -0.133. The molecule has 0 aliphatic carbocycles. The minimum absolute atomic E-state index is 0.0272. The van der Waals surface area contributed by atoms with Crippen LogP contribution in [0.4, 0.5) is 11.5 Å². The Bertz CT molecular complexity index is 879. The third kappa shape index (κ3) is 4.34. The summed E-state index contributed by atoms with van der Waals surface area (Å²) in [4.78, 5) is 35.6. The van der Waals surface area contributed by atoms with Gasteiger partial charge in [-0.3, -0.25) is 9.59 Å². The number of carbonyl (C=O) groups is 2. The molecule has 29 heavy (non-hydrogen) atoms. The number of hydrogen-bond acceptors (Lipinski definition) is 5. The lowest BCUT2D eigenvalue weighted by Crippen LogP contribution is -2.49. The van der Waals surface area contributed by atoms with Crippen LogP contribution < -0.4 is 14.5 Å². The standard InChI is InChI=1S/C22H26N4O3/c1-17-5-6-19-18(16-17)26(14-15-29-19)22(28)8-7-21(27)25-12-10-24(11-13-25)20-4-2-3-9-23-20/h2-6,9,16H,7-8,10-15H2,1H3. The second-order valence-electron chi connectivity index (χ2n) is 7.42.